The van der Waals surface area contributed by atoms with E-state index in [0.717, 1.165) is 6.42 Å². The molecule has 2 aliphatic heterocycles. The van der Waals surface area contributed by atoms with E-state index < -0.39 is 17.3 Å². The van der Waals surface area contributed by atoms with E-state index in [4.69, 9.17) is 9.47 Å². The summed E-state index contributed by atoms with van der Waals surface area (Å²) < 4.78 is 11.1. The zero-order valence-corrected chi connectivity index (χ0v) is 12.7. The number of Topliss-reactive ketones (excluding diaryl/α,β-unsaturated/α-hetero) is 1. The predicted molar refractivity (Wildman–Crippen MR) is 73.2 cm³/mol. The zero-order chi connectivity index (χ0) is 15.6. The van der Waals surface area contributed by atoms with E-state index in [0.29, 0.717) is 19.4 Å². The molecule has 0 aromatic rings. The number of ether oxygens (including phenoxy) is 2. The average molecular weight is 301 g/mol. The highest BCUT2D eigenvalue weighted by Gasteiger charge is 2.49. The van der Waals surface area contributed by atoms with Gasteiger partial charge in [-0.3, -0.25) is 4.79 Å². The first-order valence-corrected chi connectivity index (χ1v) is 7.32. The number of fused-ring (bicyclic) bond motifs is 1. The third kappa shape index (κ3) is 4.38. The zero-order valence-electron chi connectivity index (χ0n) is 12.7. The Hall–Kier alpha value is -1.21. The van der Waals surface area contributed by atoms with Crippen molar-refractivity contribution in [3.63, 3.8) is 0 Å². The van der Waals surface area contributed by atoms with Gasteiger partial charge in [-0.15, -0.1) is 10.1 Å². The van der Waals surface area contributed by atoms with Gasteiger partial charge in [0.2, 0.25) is 0 Å². The molecule has 2 fully saturated rings. The van der Waals surface area contributed by atoms with Crippen LogP contribution in [0, 0.1) is 21.4 Å². The highest BCUT2D eigenvalue weighted by Crippen LogP contribution is 2.35. The molecule has 21 heavy (non-hydrogen) atoms. The molecule has 0 aliphatic carbocycles. The standard InChI is InChI=1S/C14H23NO6/c1-14(2,3)5-4-10(16)6-9-7-19-13-11(21-15(17)18)8-20-12(9)13/h9,11-13H,4-8H2,1-3H3. The first kappa shape index (κ1) is 16.2. The summed E-state index contributed by atoms with van der Waals surface area (Å²) in [5.41, 5.74) is 0.138. The molecule has 7 nitrogen and oxygen atoms in total. The summed E-state index contributed by atoms with van der Waals surface area (Å²) in [4.78, 5) is 27.0. The first-order valence-electron chi connectivity index (χ1n) is 7.32. The Kier molecular flexibility index (Phi) is 4.83. The fourth-order valence-corrected chi connectivity index (χ4v) is 2.83. The van der Waals surface area contributed by atoms with Crippen LogP contribution in [-0.4, -0.2) is 42.4 Å². The molecular formula is C14H23NO6. The summed E-state index contributed by atoms with van der Waals surface area (Å²) in [5.74, 6) is 0.171. The van der Waals surface area contributed by atoms with Crippen LogP contribution in [0.25, 0.3) is 0 Å². The van der Waals surface area contributed by atoms with Gasteiger partial charge in [0.05, 0.1) is 19.3 Å². The van der Waals surface area contributed by atoms with Crippen LogP contribution in [0.3, 0.4) is 0 Å². The van der Waals surface area contributed by atoms with Crippen molar-refractivity contribution in [3.05, 3.63) is 10.1 Å². The minimum atomic E-state index is -0.818. The number of ketones is 1. The second kappa shape index (κ2) is 6.27. The number of carbonyl (C=O) groups is 1. The van der Waals surface area contributed by atoms with Crippen molar-refractivity contribution >= 4 is 5.78 Å². The monoisotopic (exact) mass is 301 g/mol. The van der Waals surface area contributed by atoms with Crippen LogP contribution in [0.4, 0.5) is 0 Å². The van der Waals surface area contributed by atoms with Crippen molar-refractivity contribution in [2.45, 2.75) is 58.3 Å². The summed E-state index contributed by atoms with van der Waals surface area (Å²) in [6, 6.07) is 0. The Bertz CT molecular complexity index is 405. The molecule has 2 aliphatic rings. The summed E-state index contributed by atoms with van der Waals surface area (Å²) >= 11 is 0. The minimum Gasteiger partial charge on any atom is -0.373 e. The molecule has 2 saturated heterocycles. The SMILES string of the molecule is CC(C)(C)CCC(=O)CC1COC2C(O[N+](=O)[O-])COC12. The molecule has 4 atom stereocenters. The first-order chi connectivity index (χ1) is 9.76. The molecule has 4 unspecified atom stereocenters. The Morgan fingerprint density at radius 3 is 2.57 bits per heavy atom. The highest BCUT2D eigenvalue weighted by atomic mass is 17.0. The van der Waals surface area contributed by atoms with Gasteiger partial charge in [0.25, 0.3) is 5.09 Å². The molecule has 0 aromatic carbocycles. The summed E-state index contributed by atoms with van der Waals surface area (Å²) in [5, 5.41) is 9.58. The topological polar surface area (TPSA) is 87.9 Å². The summed E-state index contributed by atoms with van der Waals surface area (Å²) in [6.07, 6.45) is 0.416. The molecular weight excluding hydrogens is 278 g/mol. The summed E-state index contributed by atoms with van der Waals surface area (Å²) in [6.45, 7) is 6.86. The second-order valence-corrected chi connectivity index (χ2v) is 7.03. The van der Waals surface area contributed by atoms with E-state index in [-0.39, 0.29) is 29.8 Å². The Morgan fingerprint density at radius 2 is 1.95 bits per heavy atom. The van der Waals surface area contributed by atoms with Gasteiger partial charge in [-0.05, 0) is 11.8 Å². The smallest absolute Gasteiger partial charge is 0.294 e. The number of carbonyl (C=O) groups excluding carboxylic acids is 1. The maximum Gasteiger partial charge on any atom is 0.294 e. The quantitative estimate of drug-likeness (QED) is 0.548. The number of rotatable bonds is 6. The lowest BCUT2D eigenvalue weighted by atomic mass is 9.87. The molecule has 0 N–H and O–H groups in total. The molecule has 0 bridgehead atoms. The second-order valence-electron chi connectivity index (χ2n) is 7.03. The largest absolute Gasteiger partial charge is 0.373 e. The number of hydrogen-bond donors (Lipinski definition) is 0. The molecule has 7 heteroatoms. The Balaban J connectivity index is 1.81. The van der Waals surface area contributed by atoms with Crippen LogP contribution >= 0.6 is 0 Å². The van der Waals surface area contributed by atoms with Gasteiger partial charge in [0.15, 0.2) is 6.10 Å². The average Bonchev–Trinajstić information content (AvgIpc) is 2.90. The van der Waals surface area contributed by atoms with Gasteiger partial charge in [-0.2, -0.15) is 0 Å². The molecule has 0 aromatic heterocycles. The van der Waals surface area contributed by atoms with Crippen LogP contribution in [0.5, 0.6) is 0 Å². The van der Waals surface area contributed by atoms with Crippen LogP contribution in [-0.2, 0) is 19.1 Å². The van der Waals surface area contributed by atoms with E-state index in [1.54, 1.807) is 0 Å². The van der Waals surface area contributed by atoms with E-state index in [1.165, 1.54) is 0 Å². The molecule has 0 spiro atoms. The molecule has 0 amide bonds. The molecule has 2 rings (SSSR count). The molecule has 120 valence electrons. The lowest BCUT2D eigenvalue weighted by Gasteiger charge is -2.19. The number of hydrogen-bond acceptors (Lipinski definition) is 6. The van der Waals surface area contributed by atoms with E-state index in [1.807, 2.05) is 0 Å². The lowest BCUT2D eigenvalue weighted by molar-refractivity contribution is -0.769. The lowest BCUT2D eigenvalue weighted by Crippen LogP contribution is -2.33. The van der Waals surface area contributed by atoms with Gasteiger partial charge in [0.1, 0.15) is 11.9 Å². The van der Waals surface area contributed by atoms with Crippen molar-refractivity contribution in [1.82, 2.24) is 0 Å². The number of nitrogens with zero attached hydrogens (tertiary/aromatic N) is 1. The van der Waals surface area contributed by atoms with Gasteiger partial charge in [-0.1, -0.05) is 20.8 Å². The predicted octanol–water partition coefficient (Wildman–Crippen LogP) is 1.76. The van der Waals surface area contributed by atoms with Crippen LogP contribution in [0.1, 0.15) is 40.0 Å². The van der Waals surface area contributed by atoms with Crippen molar-refractivity contribution in [2.75, 3.05) is 13.2 Å². The van der Waals surface area contributed by atoms with Crippen molar-refractivity contribution in [3.8, 4) is 0 Å². The van der Waals surface area contributed by atoms with Crippen LogP contribution < -0.4 is 0 Å². The van der Waals surface area contributed by atoms with E-state index >= 15 is 0 Å². The molecule has 2 heterocycles. The maximum absolute atomic E-state index is 12.0. The van der Waals surface area contributed by atoms with Gasteiger partial charge in [0, 0.05) is 18.8 Å². The van der Waals surface area contributed by atoms with Crippen molar-refractivity contribution in [2.24, 2.45) is 11.3 Å². The van der Waals surface area contributed by atoms with Crippen LogP contribution in [0.2, 0.25) is 0 Å². The fraction of sp³-hybridized carbons (Fsp3) is 0.929. The highest BCUT2D eigenvalue weighted by molar-refractivity contribution is 5.78. The molecule has 0 saturated carbocycles. The van der Waals surface area contributed by atoms with Crippen LogP contribution in [0.15, 0.2) is 0 Å². The Morgan fingerprint density at radius 1 is 1.29 bits per heavy atom. The Labute approximate surface area is 124 Å². The third-order valence-corrected chi connectivity index (χ3v) is 3.98. The van der Waals surface area contributed by atoms with E-state index in [2.05, 4.69) is 25.6 Å². The maximum atomic E-state index is 12.0. The van der Waals surface area contributed by atoms with Gasteiger partial charge < -0.3 is 14.3 Å². The summed E-state index contributed by atoms with van der Waals surface area (Å²) in [7, 11) is 0. The molecule has 0 radical (unpaired) electrons. The fourth-order valence-electron chi connectivity index (χ4n) is 2.83. The normalized spacial score (nSPS) is 32.0. The van der Waals surface area contributed by atoms with Gasteiger partial charge in [-0.25, -0.2) is 0 Å². The minimum absolute atomic E-state index is 0.0252. The van der Waals surface area contributed by atoms with Crippen molar-refractivity contribution < 1.29 is 24.2 Å². The third-order valence-electron chi connectivity index (χ3n) is 3.98. The van der Waals surface area contributed by atoms with E-state index in [9.17, 15) is 14.9 Å². The van der Waals surface area contributed by atoms with Crippen molar-refractivity contribution in [1.29, 1.82) is 0 Å². The van der Waals surface area contributed by atoms with Gasteiger partial charge >= 0.3 is 0 Å².